The lowest BCUT2D eigenvalue weighted by atomic mass is 10.0. The summed E-state index contributed by atoms with van der Waals surface area (Å²) in [5.41, 5.74) is 4.96. The van der Waals surface area contributed by atoms with E-state index in [1.807, 2.05) is 66.7 Å². The maximum Gasteiger partial charge on any atom is 0.124 e. The third-order valence-corrected chi connectivity index (χ3v) is 4.74. The van der Waals surface area contributed by atoms with Crippen molar-refractivity contribution in [3.8, 4) is 17.0 Å². The molecule has 0 aliphatic rings. The van der Waals surface area contributed by atoms with E-state index in [-0.39, 0.29) is 0 Å². The summed E-state index contributed by atoms with van der Waals surface area (Å²) < 4.78 is 5.92. The summed E-state index contributed by atoms with van der Waals surface area (Å²) in [6.07, 6.45) is 1.26. The van der Waals surface area contributed by atoms with Gasteiger partial charge in [-0.3, -0.25) is 0 Å². The zero-order valence-corrected chi connectivity index (χ0v) is 15.4. The molecule has 0 saturated heterocycles. The SMILES string of the molecule is O=CCc1ccc(Cl)cc1-c1cc2cc(OCc3ccccc3)ccc2[nH]1. The lowest BCUT2D eigenvalue weighted by Gasteiger charge is -2.06. The summed E-state index contributed by atoms with van der Waals surface area (Å²) in [5.74, 6) is 0.816. The first-order valence-corrected chi connectivity index (χ1v) is 9.12. The summed E-state index contributed by atoms with van der Waals surface area (Å²) in [5, 5.41) is 1.69. The third kappa shape index (κ3) is 3.88. The van der Waals surface area contributed by atoms with Gasteiger partial charge in [0, 0.05) is 33.6 Å². The van der Waals surface area contributed by atoms with Gasteiger partial charge in [-0.1, -0.05) is 48.0 Å². The van der Waals surface area contributed by atoms with Gasteiger partial charge in [0.15, 0.2) is 0 Å². The lowest BCUT2D eigenvalue weighted by Crippen LogP contribution is -1.94. The highest BCUT2D eigenvalue weighted by atomic mass is 35.5. The highest BCUT2D eigenvalue weighted by molar-refractivity contribution is 6.30. The summed E-state index contributed by atoms with van der Waals surface area (Å²) in [6, 6.07) is 23.7. The number of nitrogens with one attached hydrogen (secondary N) is 1. The smallest absolute Gasteiger partial charge is 0.124 e. The number of carbonyl (C=O) groups is 1. The molecule has 0 amide bonds. The van der Waals surface area contributed by atoms with E-state index >= 15 is 0 Å². The van der Waals surface area contributed by atoms with Crippen molar-refractivity contribution < 1.29 is 9.53 Å². The Morgan fingerprint density at radius 3 is 2.63 bits per heavy atom. The number of aromatic amines is 1. The molecule has 0 saturated carbocycles. The number of aldehydes is 1. The maximum atomic E-state index is 11.0. The van der Waals surface area contributed by atoms with Crippen LogP contribution in [0.1, 0.15) is 11.1 Å². The normalized spacial score (nSPS) is 10.9. The number of ether oxygens (including phenoxy) is 1. The van der Waals surface area contributed by atoms with Crippen molar-refractivity contribution in [1.29, 1.82) is 0 Å². The minimum Gasteiger partial charge on any atom is -0.489 e. The molecule has 0 bridgehead atoms. The van der Waals surface area contributed by atoms with Crippen LogP contribution >= 0.6 is 11.6 Å². The number of benzene rings is 3. The summed E-state index contributed by atoms with van der Waals surface area (Å²) in [6.45, 7) is 0.529. The van der Waals surface area contributed by atoms with Gasteiger partial charge in [0.05, 0.1) is 0 Å². The first-order chi connectivity index (χ1) is 13.2. The van der Waals surface area contributed by atoms with Gasteiger partial charge in [-0.05, 0) is 47.5 Å². The van der Waals surface area contributed by atoms with Crippen molar-refractivity contribution in [2.75, 3.05) is 0 Å². The van der Waals surface area contributed by atoms with Gasteiger partial charge >= 0.3 is 0 Å². The second-order valence-corrected chi connectivity index (χ2v) is 6.82. The van der Waals surface area contributed by atoms with Crippen molar-refractivity contribution in [2.45, 2.75) is 13.0 Å². The Kier molecular flexibility index (Phi) is 4.95. The zero-order chi connectivity index (χ0) is 18.6. The molecule has 0 fully saturated rings. The number of hydrogen-bond donors (Lipinski definition) is 1. The number of rotatable bonds is 6. The molecule has 4 rings (SSSR count). The standard InChI is InChI=1S/C23H18ClNO2/c24-19-7-6-17(10-11-26)21(14-19)23-13-18-12-20(8-9-22(18)25-23)27-15-16-4-2-1-3-5-16/h1-9,11-14,25H,10,15H2. The molecule has 0 atom stereocenters. The van der Waals surface area contributed by atoms with Crippen molar-refractivity contribution in [3.63, 3.8) is 0 Å². The van der Waals surface area contributed by atoms with Gasteiger partial charge in [-0.25, -0.2) is 0 Å². The minimum atomic E-state index is 0.354. The molecule has 3 nitrogen and oxygen atoms in total. The molecule has 1 N–H and O–H groups in total. The predicted molar refractivity (Wildman–Crippen MR) is 109 cm³/mol. The molecular weight excluding hydrogens is 358 g/mol. The summed E-state index contributed by atoms with van der Waals surface area (Å²) >= 11 is 6.17. The van der Waals surface area contributed by atoms with Gasteiger partial charge in [0.25, 0.3) is 0 Å². The Bertz CT molecular complexity index is 1090. The molecule has 0 unspecified atom stereocenters. The fourth-order valence-corrected chi connectivity index (χ4v) is 3.33. The van der Waals surface area contributed by atoms with Crippen LogP contribution in [0, 0.1) is 0 Å². The van der Waals surface area contributed by atoms with Crippen molar-refractivity contribution >= 4 is 28.8 Å². The second-order valence-electron chi connectivity index (χ2n) is 6.38. The molecule has 0 aliphatic heterocycles. The highest BCUT2D eigenvalue weighted by Gasteiger charge is 2.10. The molecule has 0 aliphatic carbocycles. The topological polar surface area (TPSA) is 42.1 Å². The van der Waals surface area contributed by atoms with Crippen LogP contribution in [0.4, 0.5) is 0 Å². The summed E-state index contributed by atoms with van der Waals surface area (Å²) in [7, 11) is 0. The largest absolute Gasteiger partial charge is 0.489 e. The van der Waals surface area contributed by atoms with Gasteiger partial charge < -0.3 is 14.5 Å². The molecule has 4 heteroatoms. The van der Waals surface area contributed by atoms with Crippen LogP contribution in [-0.2, 0) is 17.8 Å². The fraction of sp³-hybridized carbons (Fsp3) is 0.0870. The van der Waals surface area contributed by atoms with Crippen LogP contribution in [0.3, 0.4) is 0 Å². The number of aromatic nitrogens is 1. The Hall–Kier alpha value is -3.04. The van der Waals surface area contributed by atoms with Crippen LogP contribution in [0.5, 0.6) is 5.75 Å². The molecule has 3 aromatic carbocycles. The number of hydrogen-bond acceptors (Lipinski definition) is 2. The van der Waals surface area contributed by atoms with Crippen LogP contribution in [0.25, 0.3) is 22.2 Å². The molecule has 4 aromatic rings. The predicted octanol–water partition coefficient (Wildman–Crippen LogP) is 5.81. The molecular formula is C23H18ClNO2. The molecule has 27 heavy (non-hydrogen) atoms. The Morgan fingerprint density at radius 1 is 0.963 bits per heavy atom. The highest BCUT2D eigenvalue weighted by Crippen LogP contribution is 2.31. The van der Waals surface area contributed by atoms with Gasteiger partial charge in [-0.15, -0.1) is 0 Å². The van der Waals surface area contributed by atoms with Crippen LogP contribution in [0.15, 0.2) is 72.8 Å². The van der Waals surface area contributed by atoms with Gasteiger partial charge in [-0.2, -0.15) is 0 Å². The average molecular weight is 376 g/mol. The first-order valence-electron chi connectivity index (χ1n) is 8.75. The quantitative estimate of drug-likeness (QED) is 0.432. The molecule has 1 heterocycles. The Morgan fingerprint density at radius 2 is 1.81 bits per heavy atom. The Labute approximate surface area is 162 Å². The Balaban J connectivity index is 1.63. The number of H-pyrrole nitrogens is 1. The van der Waals surface area contributed by atoms with E-state index in [2.05, 4.69) is 11.1 Å². The van der Waals surface area contributed by atoms with E-state index < -0.39 is 0 Å². The average Bonchev–Trinajstić information content (AvgIpc) is 3.12. The van der Waals surface area contributed by atoms with E-state index in [0.717, 1.165) is 45.3 Å². The number of carbonyl (C=O) groups excluding carboxylic acids is 1. The van der Waals surface area contributed by atoms with Crippen LogP contribution < -0.4 is 4.74 Å². The van der Waals surface area contributed by atoms with E-state index in [1.165, 1.54) is 0 Å². The fourth-order valence-electron chi connectivity index (χ4n) is 3.15. The van der Waals surface area contributed by atoms with Gasteiger partial charge in [0.2, 0.25) is 0 Å². The lowest BCUT2D eigenvalue weighted by molar-refractivity contribution is -0.107. The minimum absolute atomic E-state index is 0.354. The zero-order valence-electron chi connectivity index (χ0n) is 14.6. The van der Waals surface area contributed by atoms with Crippen molar-refractivity contribution in [1.82, 2.24) is 4.98 Å². The third-order valence-electron chi connectivity index (χ3n) is 4.51. The van der Waals surface area contributed by atoms with Gasteiger partial charge in [0.1, 0.15) is 18.6 Å². The van der Waals surface area contributed by atoms with Crippen molar-refractivity contribution in [3.05, 3.63) is 88.9 Å². The molecule has 0 spiro atoms. The summed E-state index contributed by atoms with van der Waals surface area (Å²) in [4.78, 5) is 14.4. The molecule has 1 aromatic heterocycles. The van der Waals surface area contributed by atoms with Crippen LogP contribution in [-0.4, -0.2) is 11.3 Å². The number of halogens is 1. The van der Waals surface area contributed by atoms with Crippen molar-refractivity contribution in [2.24, 2.45) is 0 Å². The van der Waals surface area contributed by atoms with E-state index in [1.54, 1.807) is 0 Å². The van der Waals surface area contributed by atoms with E-state index in [0.29, 0.717) is 18.1 Å². The van der Waals surface area contributed by atoms with Crippen LogP contribution in [0.2, 0.25) is 5.02 Å². The maximum absolute atomic E-state index is 11.0. The molecule has 0 radical (unpaired) electrons. The monoisotopic (exact) mass is 375 g/mol. The number of fused-ring (bicyclic) bond motifs is 1. The van der Waals surface area contributed by atoms with E-state index in [9.17, 15) is 4.79 Å². The van der Waals surface area contributed by atoms with E-state index in [4.69, 9.17) is 16.3 Å². The second kappa shape index (κ2) is 7.68. The first kappa shape index (κ1) is 17.4. The molecule has 134 valence electrons.